The fourth-order valence-corrected chi connectivity index (χ4v) is 3.91. The monoisotopic (exact) mass is 365 g/mol. The summed E-state index contributed by atoms with van der Waals surface area (Å²) < 4.78 is 7.48. The van der Waals surface area contributed by atoms with Gasteiger partial charge >= 0.3 is 0 Å². The van der Waals surface area contributed by atoms with Gasteiger partial charge in [-0.15, -0.1) is 0 Å². The van der Waals surface area contributed by atoms with E-state index in [-0.39, 0.29) is 5.41 Å². The number of rotatable bonds is 6. The third kappa shape index (κ3) is 3.54. The van der Waals surface area contributed by atoms with Crippen LogP contribution in [0.4, 0.5) is 5.82 Å². The molecule has 2 aromatic heterocycles. The quantitative estimate of drug-likeness (QED) is 0.724. The van der Waals surface area contributed by atoms with Crippen molar-refractivity contribution in [3.63, 3.8) is 0 Å². The van der Waals surface area contributed by atoms with E-state index in [1.165, 1.54) is 5.56 Å². The minimum Gasteiger partial charge on any atom is -0.381 e. The average molecular weight is 365 g/mol. The van der Waals surface area contributed by atoms with Crippen LogP contribution < -0.4 is 5.32 Å². The molecule has 27 heavy (non-hydrogen) atoms. The van der Waals surface area contributed by atoms with Crippen LogP contribution in [-0.2, 0) is 23.6 Å². The van der Waals surface area contributed by atoms with Crippen LogP contribution in [-0.4, -0.2) is 39.5 Å². The molecule has 6 heteroatoms. The molecule has 4 rings (SSSR count). The Hall–Kier alpha value is -2.47. The molecule has 0 saturated carbocycles. The molecule has 0 aliphatic carbocycles. The molecule has 0 radical (unpaired) electrons. The molecule has 1 N–H and O–H groups in total. The Morgan fingerprint density at radius 3 is 2.67 bits per heavy atom. The molecule has 3 heterocycles. The third-order valence-electron chi connectivity index (χ3n) is 5.54. The summed E-state index contributed by atoms with van der Waals surface area (Å²) in [6.07, 6.45) is 5.76. The van der Waals surface area contributed by atoms with Crippen molar-refractivity contribution < 1.29 is 4.74 Å². The van der Waals surface area contributed by atoms with E-state index >= 15 is 0 Å². The molecular weight excluding hydrogens is 338 g/mol. The predicted molar refractivity (Wildman–Crippen MR) is 107 cm³/mol. The van der Waals surface area contributed by atoms with Crippen LogP contribution in [0.15, 0.2) is 36.5 Å². The largest absolute Gasteiger partial charge is 0.381 e. The highest BCUT2D eigenvalue weighted by Crippen LogP contribution is 2.35. The number of aromatic nitrogens is 4. The number of ether oxygens (including phenoxy) is 1. The van der Waals surface area contributed by atoms with Crippen LogP contribution in [0.5, 0.6) is 0 Å². The number of fused-ring (bicyclic) bond motifs is 1. The van der Waals surface area contributed by atoms with Gasteiger partial charge in [-0.25, -0.2) is 9.97 Å². The molecule has 1 saturated heterocycles. The molecule has 0 spiro atoms. The van der Waals surface area contributed by atoms with E-state index in [4.69, 9.17) is 9.72 Å². The second kappa shape index (κ2) is 7.64. The van der Waals surface area contributed by atoms with E-state index in [1.807, 2.05) is 17.9 Å². The van der Waals surface area contributed by atoms with Crippen LogP contribution in [0, 0.1) is 0 Å². The summed E-state index contributed by atoms with van der Waals surface area (Å²) >= 11 is 0. The van der Waals surface area contributed by atoms with Crippen molar-refractivity contribution in [3.05, 3.63) is 47.9 Å². The fraction of sp³-hybridized carbons (Fsp3) is 0.476. The van der Waals surface area contributed by atoms with Crippen molar-refractivity contribution in [1.82, 2.24) is 19.7 Å². The van der Waals surface area contributed by atoms with Gasteiger partial charge in [0.25, 0.3) is 0 Å². The van der Waals surface area contributed by atoms with Gasteiger partial charge in [-0.05, 0) is 24.8 Å². The van der Waals surface area contributed by atoms with Gasteiger partial charge in [0.15, 0.2) is 5.65 Å². The lowest BCUT2D eigenvalue weighted by molar-refractivity contribution is 0.0544. The number of hydrogen-bond donors (Lipinski definition) is 1. The van der Waals surface area contributed by atoms with Gasteiger partial charge in [0.2, 0.25) is 0 Å². The Balaban J connectivity index is 1.66. The first-order valence-electron chi connectivity index (χ1n) is 9.78. The SMILES string of the molecule is CCCc1nc(NCC2(c3ccccc3)CCOCC2)c2cnn(C)c2n1. The molecule has 142 valence electrons. The van der Waals surface area contributed by atoms with E-state index in [1.54, 1.807) is 0 Å². The predicted octanol–water partition coefficient (Wildman–Crippen LogP) is 3.48. The number of anilines is 1. The third-order valence-corrected chi connectivity index (χ3v) is 5.54. The summed E-state index contributed by atoms with van der Waals surface area (Å²) in [5.74, 6) is 1.76. The van der Waals surface area contributed by atoms with Crippen molar-refractivity contribution in [1.29, 1.82) is 0 Å². The number of nitrogens with zero attached hydrogens (tertiary/aromatic N) is 4. The minimum atomic E-state index is 0.0594. The van der Waals surface area contributed by atoms with Gasteiger partial charge in [0.1, 0.15) is 11.6 Å². The Bertz CT molecular complexity index is 900. The van der Waals surface area contributed by atoms with Gasteiger partial charge in [0.05, 0.1) is 11.6 Å². The zero-order valence-electron chi connectivity index (χ0n) is 16.1. The zero-order chi connectivity index (χ0) is 18.7. The highest BCUT2D eigenvalue weighted by atomic mass is 16.5. The number of hydrogen-bond acceptors (Lipinski definition) is 5. The Morgan fingerprint density at radius 1 is 1.15 bits per heavy atom. The fourth-order valence-electron chi connectivity index (χ4n) is 3.91. The molecule has 0 unspecified atom stereocenters. The second-order valence-corrected chi connectivity index (χ2v) is 7.36. The Morgan fingerprint density at radius 2 is 1.93 bits per heavy atom. The summed E-state index contributed by atoms with van der Waals surface area (Å²) in [6.45, 7) is 4.57. The van der Waals surface area contributed by atoms with Crippen molar-refractivity contribution in [2.24, 2.45) is 7.05 Å². The van der Waals surface area contributed by atoms with Gasteiger partial charge in [-0.3, -0.25) is 4.68 Å². The molecule has 0 atom stereocenters. The van der Waals surface area contributed by atoms with Gasteiger partial charge in [-0.2, -0.15) is 5.10 Å². The molecule has 1 aliphatic rings. The van der Waals surface area contributed by atoms with Gasteiger partial charge in [-0.1, -0.05) is 37.3 Å². The van der Waals surface area contributed by atoms with E-state index in [2.05, 4.69) is 52.7 Å². The number of nitrogens with one attached hydrogen (secondary N) is 1. The lowest BCUT2D eigenvalue weighted by Gasteiger charge is -2.38. The van der Waals surface area contributed by atoms with Gasteiger partial charge < -0.3 is 10.1 Å². The molecule has 1 aliphatic heterocycles. The topological polar surface area (TPSA) is 64.9 Å². The van der Waals surface area contributed by atoms with E-state index < -0.39 is 0 Å². The van der Waals surface area contributed by atoms with Gasteiger partial charge in [0, 0.05) is 38.6 Å². The highest BCUT2D eigenvalue weighted by molar-refractivity contribution is 5.86. The summed E-state index contributed by atoms with van der Waals surface area (Å²) in [5, 5.41) is 9.01. The van der Waals surface area contributed by atoms with Crippen LogP contribution in [0.2, 0.25) is 0 Å². The summed E-state index contributed by atoms with van der Waals surface area (Å²) in [7, 11) is 1.93. The van der Waals surface area contributed by atoms with Crippen molar-refractivity contribution >= 4 is 16.9 Å². The van der Waals surface area contributed by atoms with Crippen LogP contribution in [0.1, 0.15) is 37.6 Å². The Kier molecular flexibility index (Phi) is 5.07. The molecule has 0 bridgehead atoms. The summed E-state index contributed by atoms with van der Waals surface area (Å²) in [5.41, 5.74) is 2.31. The smallest absolute Gasteiger partial charge is 0.163 e. The number of benzene rings is 1. The molecule has 1 fully saturated rings. The molecular formula is C21H27N5O. The van der Waals surface area contributed by atoms with Crippen LogP contribution in [0.3, 0.4) is 0 Å². The normalized spacial score (nSPS) is 16.5. The average Bonchev–Trinajstić information content (AvgIpc) is 3.09. The molecule has 3 aromatic rings. The maximum absolute atomic E-state index is 5.66. The first-order valence-corrected chi connectivity index (χ1v) is 9.78. The maximum Gasteiger partial charge on any atom is 0.163 e. The van der Waals surface area contributed by atoms with Crippen LogP contribution >= 0.6 is 0 Å². The summed E-state index contributed by atoms with van der Waals surface area (Å²) in [4.78, 5) is 9.49. The van der Waals surface area contributed by atoms with E-state index in [0.29, 0.717) is 0 Å². The second-order valence-electron chi connectivity index (χ2n) is 7.36. The lowest BCUT2D eigenvalue weighted by Crippen LogP contribution is -2.40. The Labute approximate surface area is 160 Å². The first-order chi connectivity index (χ1) is 13.2. The van der Waals surface area contributed by atoms with E-state index in [0.717, 1.165) is 68.1 Å². The lowest BCUT2D eigenvalue weighted by atomic mass is 9.74. The minimum absolute atomic E-state index is 0.0594. The van der Waals surface area contributed by atoms with Crippen molar-refractivity contribution in [2.75, 3.05) is 25.1 Å². The molecule has 0 amide bonds. The summed E-state index contributed by atoms with van der Waals surface area (Å²) in [6, 6.07) is 10.8. The zero-order valence-corrected chi connectivity index (χ0v) is 16.1. The molecule has 6 nitrogen and oxygen atoms in total. The first kappa shape index (κ1) is 17.9. The van der Waals surface area contributed by atoms with E-state index in [9.17, 15) is 0 Å². The standard InChI is InChI=1S/C21H27N5O/c1-3-7-18-24-19(17-14-23-26(2)20(17)25-18)22-15-21(10-12-27-13-11-21)16-8-5-4-6-9-16/h4-6,8-9,14H,3,7,10-13,15H2,1-2H3,(H,22,24,25). The highest BCUT2D eigenvalue weighted by Gasteiger charge is 2.34. The maximum atomic E-state index is 5.66. The number of aryl methyl sites for hydroxylation is 2. The van der Waals surface area contributed by atoms with Crippen molar-refractivity contribution in [2.45, 2.75) is 38.0 Å². The molecule has 1 aromatic carbocycles. The van der Waals surface area contributed by atoms with Crippen molar-refractivity contribution in [3.8, 4) is 0 Å². The van der Waals surface area contributed by atoms with Crippen LogP contribution in [0.25, 0.3) is 11.0 Å².